The molecule has 23 heavy (non-hydrogen) atoms. The van der Waals surface area contributed by atoms with Gasteiger partial charge in [-0.2, -0.15) is 0 Å². The number of aromatic nitrogens is 1. The molecule has 128 valence electrons. The highest BCUT2D eigenvalue weighted by molar-refractivity contribution is 5.68. The molecule has 1 aliphatic rings. The number of hydrogen-bond donors (Lipinski definition) is 2. The molecule has 1 atom stereocenters. The van der Waals surface area contributed by atoms with Crippen molar-refractivity contribution in [2.45, 2.75) is 77.1 Å². The van der Waals surface area contributed by atoms with Gasteiger partial charge in [0.15, 0.2) is 0 Å². The maximum atomic E-state index is 11.8. The summed E-state index contributed by atoms with van der Waals surface area (Å²) in [6.07, 6.45) is 7.45. The Balaban J connectivity index is 1.73. The van der Waals surface area contributed by atoms with E-state index in [9.17, 15) is 4.79 Å². The normalized spacial score (nSPS) is 23.1. The zero-order chi connectivity index (χ0) is 16.9. The Kier molecular flexibility index (Phi) is 5.99. The van der Waals surface area contributed by atoms with E-state index in [1.54, 1.807) is 0 Å². The summed E-state index contributed by atoms with van der Waals surface area (Å²) in [6.45, 7) is 7.83. The van der Waals surface area contributed by atoms with Crippen molar-refractivity contribution >= 4 is 6.09 Å². The predicted molar refractivity (Wildman–Crippen MR) is 91.2 cm³/mol. The summed E-state index contributed by atoms with van der Waals surface area (Å²) in [7, 11) is 0. The minimum atomic E-state index is -0.442. The lowest BCUT2D eigenvalue weighted by atomic mass is 9.90. The summed E-state index contributed by atoms with van der Waals surface area (Å²) in [5.74, 6) is 0. The molecular weight excluding hydrogens is 290 g/mol. The molecule has 5 heteroatoms. The molecule has 5 nitrogen and oxygen atoms in total. The number of amides is 1. The summed E-state index contributed by atoms with van der Waals surface area (Å²) in [6, 6.07) is 5.13. The highest BCUT2D eigenvalue weighted by Crippen LogP contribution is 2.22. The van der Waals surface area contributed by atoms with Gasteiger partial charge >= 0.3 is 6.09 Å². The third-order valence-corrected chi connectivity index (χ3v) is 4.14. The van der Waals surface area contributed by atoms with E-state index in [4.69, 9.17) is 4.74 Å². The van der Waals surface area contributed by atoms with Gasteiger partial charge in [0.1, 0.15) is 5.60 Å². The molecule has 0 spiro atoms. The quantitative estimate of drug-likeness (QED) is 0.890. The fraction of sp³-hybridized carbons (Fsp3) is 0.667. The van der Waals surface area contributed by atoms with E-state index >= 15 is 0 Å². The van der Waals surface area contributed by atoms with E-state index in [-0.39, 0.29) is 12.1 Å². The van der Waals surface area contributed by atoms with Crippen LogP contribution in [0.5, 0.6) is 0 Å². The van der Waals surface area contributed by atoms with E-state index in [1.165, 1.54) is 5.56 Å². The lowest BCUT2D eigenvalue weighted by molar-refractivity contribution is 0.0489. The van der Waals surface area contributed by atoms with E-state index in [1.807, 2.05) is 45.3 Å². The first kappa shape index (κ1) is 17.7. The van der Waals surface area contributed by atoms with E-state index < -0.39 is 5.60 Å². The number of pyridine rings is 1. The van der Waals surface area contributed by atoms with Crippen molar-refractivity contribution in [3.05, 3.63) is 30.1 Å². The van der Waals surface area contributed by atoms with Crippen LogP contribution in [-0.2, 0) is 4.74 Å². The summed E-state index contributed by atoms with van der Waals surface area (Å²) in [5, 5.41) is 6.66. The topological polar surface area (TPSA) is 63.2 Å². The third-order valence-electron chi connectivity index (χ3n) is 4.14. The second-order valence-electron chi connectivity index (χ2n) is 7.36. The van der Waals surface area contributed by atoms with Crippen molar-refractivity contribution in [2.75, 3.05) is 0 Å². The van der Waals surface area contributed by atoms with Crippen LogP contribution in [0.25, 0.3) is 0 Å². The smallest absolute Gasteiger partial charge is 0.407 e. The van der Waals surface area contributed by atoms with Crippen LogP contribution in [-0.4, -0.2) is 28.8 Å². The molecule has 2 rings (SSSR count). The summed E-state index contributed by atoms with van der Waals surface area (Å²) in [5.41, 5.74) is 0.817. The van der Waals surface area contributed by atoms with Crippen LogP contribution < -0.4 is 10.6 Å². The first-order chi connectivity index (χ1) is 10.8. The Morgan fingerprint density at radius 3 is 2.30 bits per heavy atom. The summed E-state index contributed by atoms with van der Waals surface area (Å²) >= 11 is 0. The van der Waals surface area contributed by atoms with Gasteiger partial charge in [-0.1, -0.05) is 0 Å². The van der Waals surface area contributed by atoms with Crippen LogP contribution in [0, 0.1) is 0 Å². The number of hydrogen-bond acceptors (Lipinski definition) is 4. The monoisotopic (exact) mass is 319 g/mol. The first-order valence-electron chi connectivity index (χ1n) is 8.49. The van der Waals surface area contributed by atoms with Gasteiger partial charge in [0, 0.05) is 30.5 Å². The SMILES string of the molecule is C[C@@H](NC1CCC(NC(=O)OC(C)(C)C)CC1)c1ccncc1. The number of ether oxygens (including phenoxy) is 1. The van der Waals surface area contributed by atoms with Crippen molar-refractivity contribution in [3.63, 3.8) is 0 Å². The fourth-order valence-electron chi connectivity index (χ4n) is 2.98. The number of rotatable bonds is 4. The van der Waals surface area contributed by atoms with Gasteiger partial charge in [-0.15, -0.1) is 0 Å². The molecule has 0 saturated heterocycles. The van der Waals surface area contributed by atoms with Gasteiger partial charge in [-0.25, -0.2) is 4.79 Å². The van der Waals surface area contributed by atoms with Crippen LogP contribution in [0.2, 0.25) is 0 Å². The molecule has 1 fully saturated rings. The average Bonchev–Trinajstić information content (AvgIpc) is 2.48. The van der Waals surface area contributed by atoms with E-state index in [0.717, 1.165) is 25.7 Å². The van der Waals surface area contributed by atoms with E-state index in [0.29, 0.717) is 12.1 Å². The molecule has 0 bridgehead atoms. The Labute approximate surface area is 139 Å². The van der Waals surface area contributed by atoms with Crippen LogP contribution in [0.15, 0.2) is 24.5 Å². The average molecular weight is 319 g/mol. The second-order valence-corrected chi connectivity index (χ2v) is 7.36. The van der Waals surface area contributed by atoms with E-state index in [2.05, 4.69) is 22.5 Å². The minimum absolute atomic E-state index is 0.221. The lowest BCUT2D eigenvalue weighted by Gasteiger charge is -2.32. The molecular formula is C18H29N3O2. The molecule has 1 aliphatic carbocycles. The molecule has 0 radical (unpaired) electrons. The molecule has 2 N–H and O–H groups in total. The Bertz CT molecular complexity index is 491. The number of carbonyl (C=O) groups excluding carboxylic acids is 1. The summed E-state index contributed by atoms with van der Waals surface area (Å²) in [4.78, 5) is 15.9. The number of nitrogens with one attached hydrogen (secondary N) is 2. The molecule has 0 unspecified atom stereocenters. The van der Waals surface area contributed by atoms with Gasteiger partial charge in [0.25, 0.3) is 0 Å². The molecule has 1 aromatic rings. The molecule has 1 saturated carbocycles. The zero-order valence-corrected chi connectivity index (χ0v) is 14.6. The molecule has 1 amide bonds. The van der Waals surface area contributed by atoms with Gasteiger partial charge in [-0.3, -0.25) is 4.98 Å². The fourth-order valence-corrected chi connectivity index (χ4v) is 2.98. The van der Waals surface area contributed by atoms with Crippen LogP contribution in [0.3, 0.4) is 0 Å². The maximum Gasteiger partial charge on any atom is 0.407 e. The third kappa shape index (κ3) is 6.18. The van der Waals surface area contributed by atoms with Crippen molar-refractivity contribution in [2.24, 2.45) is 0 Å². The van der Waals surface area contributed by atoms with Crippen molar-refractivity contribution in [1.82, 2.24) is 15.6 Å². The largest absolute Gasteiger partial charge is 0.444 e. The molecule has 0 aliphatic heterocycles. The molecule has 0 aromatic carbocycles. The van der Waals surface area contributed by atoms with Crippen LogP contribution in [0.4, 0.5) is 4.79 Å². The highest BCUT2D eigenvalue weighted by atomic mass is 16.6. The number of alkyl carbamates (subject to hydrolysis) is 1. The highest BCUT2D eigenvalue weighted by Gasteiger charge is 2.25. The van der Waals surface area contributed by atoms with Crippen molar-refractivity contribution < 1.29 is 9.53 Å². The van der Waals surface area contributed by atoms with Crippen LogP contribution >= 0.6 is 0 Å². The maximum absolute atomic E-state index is 11.8. The van der Waals surface area contributed by atoms with Gasteiger partial charge in [-0.05, 0) is 71.1 Å². The zero-order valence-electron chi connectivity index (χ0n) is 14.6. The molecule has 1 heterocycles. The molecule has 1 aromatic heterocycles. The Morgan fingerprint density at radius 2 is 1.74 bits per heavy atom. The summed E-state index contributed by atoms with van der Waals surface area (Å²) < 4.78 is 5.32. The Morgan fingerprint density at radius 1 is 1.17 bits per heavy atom. The number of nitrogens with zero attached hydrogens (tertiary/aromatic N) is 1. The minimum Gasteiger partial charge on any atom is -0.444 e. The van der Waals surface area contributed by atoms with Gasteiger partial charge < -0.3 is 15.4 Å². The second kappa shape index (κ2) is 7.77. The van der Waals surface area contributed by atoms with Gasteiger partial charge in [0.05, 0.1) is 0 Å². The standard InChI is InChI=1S/C18H29N3O2/c1-13(14-9-11-19-12-10-14)20-15-5-7-16(8-6-15)21-17(22)23-18(2,3)4/h9-13,15-16,20H,5-8H2,1-4H3,(H,21,22)/t13-,15?,16?/m1/s1. The van der Waals surface area contributed by atoms with Crippen LogP contribution in [0.1, 0.15) is 65.0 Å². The first-order valence-corrected chi connectivity index (χ1v) is 8.49. The van der Waals surface area contributed by atoms with Crippen molar-refractivity contribution in [1.29, 1.82) is 0 Å². The predicted octanol–water partition coefficient (Wildman–Crippen LogP) is 3.57. The number of carbonyl (C=O) groups is 1. The Hall–Kier alpha value is -1.62. The van der Waals surface area contributed by atoms with Gasteiger partial charge in [0.2, 0.25) is 0 Å². The van der Waals surface area contributed by atoms with Crippen molar-refractivity contribution in [3.8, 4) is 0 Å². The lowest BCUT2D eigenvalue weighted by Crippen LogP contribution is -2.44.